The van der Waals surface area contributed by atoms with Gasteiger partial charge in [-0.05, 0) is 19.9 Å². The topological polar surface area (TPSA) is 140 Å². The lowest BCUT2D eigenvalue weighted by molar-refractivity contribution is -0.111. The highest BCUT2D eigenvalue weighted by molar-refractivity contribution is 6.24. The van der Waals surface area contributed by atoms with E-state index >= 15 is 0 Å². The summed E-state index contributed by atoms with van der Waals surface area (Å²) in [6.45, 7) is 5.61. The zero-order valence-corrected chi connectivity index (χ0v) is 18.6. The Labute approximate surface area is 191 Å². The largest absolute Gasteiger partial charge is 0.484 e. The molecule has 10 heteroatoms. The van der Waals surface area contributed by atoms with Crippen molar-refractivity contribution in [2.75, 3.05) is 43.1 Å². The summed E-state index contributed by atoms with van der Waals surface area (Å²) in [7, 11) is 0. The molecule has 0 spiro atoms. The fourth-order valence-electron chi connectivity index (χ4n) is 3.90. The number of morpholine rings is 1. The summed E-state index contributed by atoms with van der Waals surface area (Å²) in [6, 6.07) is 3.76. The summed E-state index contributed by atoms with van der Waals surface area (Å²) in [5.41, 5.74) is 7.72. The first kappa shape index (κ1) is 22.7. The maximum absolute atomic E-state index is 13.2. The van der Waals surface area contributed by atoms with E-state index in [1.807, 2.05) is 19.1 Å². The summed E-state index contributed by atoms with van der Waals surface area (Å²) >= 11 is 0. The minimum atomic E-state index is -0.706. The number of aromatic nitrogens is 2. The number of hydrogen-bond acceptors (Lipinski definition) is 9. The van der Waals surface area contributed by atoms with Crippen LogP contribution in [0.3, 0.4) is 0 Å². The predicted octanol–water partition coefficient (Wildman–Crippen LogP) is 1.14. The Balaban J connectivity index is 1.65. The highest BCUT2D eigenvalue weighted by Gasteiger charge is 2.36. The third kappa shape index (κ3) is 4.67. The average Bonchev–Trinajstić information content (AvgIpc) is 3.15. The number of ether oxygens (including phenoxy) is 2. The number of nitrogens with zero attached hydrogens (tertiary/aromatic N) is 3. The van der Waals surface area contributed by atoms with Gasteiger partial charge in [-0.1, -0.05) is 0 Å². The summed E-state index contributed by atoms with van der Waals surface area (Å²) in [5, 5.41) is 12.7. The van der Waals surface area contributed by atoms with Gasteiger partial charge in [0.05, 0.1) is 42.3 Å². The van der Waals surface area contributed by atoms with Gasteiger partial charge in [0.1, 0.15) is 11.4 Å². The molecule has 2 aromatic rings. The standard InChI is InChI=1S/C23H27N5O5/c1-14(30)16-11-25-21(26-12-16)17(10-24)22(31)27-18-7-15-9-23(2,13-29)33-20(15)8-19(18)28-3-5-32-6-4-28/h7-8,10-12,29H,3-6,9,13,24H2,1-2H3,(H,27,31)/t23-/m0/s1. The molecule has 33 heavy (non-hydrogen) atoms. The molecule has 0 saturated carbocycles. The first-order valence-corrected chi connectivity index (χ1v) is 10.7. The average molecular weight is 453 g/mol. The number of rotatable bonds is 6. The first-order chi connectivity index (χ1) is 15.8. The van der Waals surface area contributed by atoms with E-state index in [4.69, 9.17) is 15.2 Å². The van der Waals surface area contributed by atoms with Crippen LogP contribution >= 0.6 is 0 Å². The van der Waals surface area contributed by atoms with Crippen molar-refractivity contribution < 1.29 is 24.2 Å². The van der Waals surface area contributed by atoms with E-state index < -0.39 is 11.5 Å². The predicted molar refractivity (Wildman–Crippen MR) is 122 cm³/mol. The third-order valence-corrected chi connectivity index (χ3v) is 5.74. The Morgan fingerprint density at radius 2 is 1.97 bits per heavy atom. The number of anilines is 2. The van der Waals surface area contributed by atoms with Crippen LogP contribution in [0, 0.1) is 0 Å². The number of carbonyl (C=O) groups excluding carboxylic acids is 2. The van der Waals surface area contributed by atoms with Crippen LogP contribution in [-0.2, 0) is 16.0 Å². The van der Waals surface area contributed by atoms with Crippen LogP contribution in [0.2, 0.25) is 0 Å². The van der Waals surface area contributed by atoms with Crippen molar-refractivity contribution in [2.24, 2.45) is 5.73 Å². The van der Waals surface area contributed by atoms with Gasteiger partial charge in [-0.2, -0.15) is 0 Å². The molecule has 0 bridgehead atoms. The molecule has 4 N–H and O–H groups in total. The molecule has 0 radical (unpaired) electrons. The summed E-state index contributed by atoms with van der Waals surface area (Å²) < 4.78 is 11.5. The fourth-order valence-corrected chi connectivity index (χ4v) is 3.90. The lowest BCUT2D eigenvalue weighted by atomic mass is 9.99. The molecule has 3 heterocycles. The molecular formula is C23H27N5O5. The SMILES string of the molecule is CC(=O)c1cnc(C(=CN)C(=O)Nc2cc3c(cc2N2CCOCC2)O[C@](C)(CO)C3)nc1. The van der Waals surface area contributed by atoms with Crippen LogP contribution in [0.4, 0.5) is 11.4 Å². The zero-order valence-electron chi connectivity index (χ0n) is 18.6. The van der Waals surface area contributed by atoms with Crippen molar-refractivity contribution in [3.05, 3.63) is 47.7 Å². The second-order valence-electron chi connectivity index (χ2n) is 8.35. The van der Waals surface area contributed by atoms with Crippen LogP contribution in [0.15, 0.2) is 30.7 Å². The molecule has 0 aliphatic carbocycles. The normalized spacial score (nSPS) is 20.2. The van der Waals surface area contributed by atoms with Gasteiger partial charge in [-0.15, -0.1) is 0 Å². The minimum Gasteiger partial charge on any atom is -0.484 e. The van der Waals surface area contributed by atoms with Crippen LogP contribution in [0.5, 0.6) is 5.75 Å². The number of ketones is 1. The molecule has 2 aliphatic heterocycles. The molecule has 1 atom stereocenters. The van der Waals surface area contributed by atoms with E-state index in [1.165, 1.54) is 19.3 Å². The second kappa shape index (κ2) is 9.16. The van der Waals surface area contributed by atoms with Gasteiger partial charge in [0.25, 0.3) is 5.91 Å². The van der Waals surface area contributed by atoms with Gasteiger partial charge in [0, 0.05) is 49.7 Å². The number of amides is 1. The number of Topliss-reactive ketones (excluding diaryl/α,β-unsaturated/α-hetero) is 1. The Bertz CT molecular complexity index is 1100. The maximum atomic E-state index is 13.2. The molecule has 10 nitrogen and oxygen atoms in total. The van der Waals surface area contributed by atoms with Crippen molar-refractivity contribution in [1.29, 1.82) is 0 Å². The smallest absolute Gasteiger partial charge is 0.261 e. The Hall–Kier alpha value is -3.50. The van der Waals surface area contributed by atoms with Gasteiger partial charge < -0.3 is 30.5 Å². The van der Waals surface area contributed by atoms with Crippen molar-refractivity contribution in [2.45, 2.75) is 25.9 Å². The number of nitrogens with one attached hydrogen (secondary N) is 1. The maximum Gasteiger partial charge on any atom is 0.261 e. The molecule has 2 aliphatic rings. The molecule has 1 saturated heterocycles. The van der Waals surface area contributed by atoms with Crippen LogP contribution in [-0.4, -0.2) is 65.3 Å². The Morgan fingerprint density at radius 3 is 2.58 bits per heavy atom. The molecule has 1 amide bonds. The lowest BCUT2D eigenvalue weighted by Crippen LogP contribution is -2.37. The van der Waals surface area contributed by atoms with E-state index in [0.717, 1.165) is 17.5 Å². The first-order valence-electron chi connectivity index (χ1n) is 10.7. The minimum absolute atomic E-state index is 0.0787. The monoisotopic (exact) mass is 453 g/mol. The molecule has 4 rings (SSSR count). The number of benzene rings is 1. The summed E-state index contributed by atoms with van der Waals surface area (Å²) in [4.78, 5) is 35.0. The molecular weight excluding hydrogens is 426 g/mol. The zero-order chi connectivity index (χ0) is 23.6. The van der Waals surface area contributed by atoms with E-state index in [9.17, 15) is 14.7 Å². The molecule has 0 unspecified atom stereocenters. The number of aliphatic hydroxyl groups is 1. The second-order valence-corrected chi connectivity index (χ2v) is 8.35. The van der Waals surface area contributed by atoms with E-state index in [-0.39, 0.29) is 23.8 Å². The van der Waals surface area contributed by atoms with Gasteiger partial charge in [-0.25, -0.2) is 9.97 Å². The van der Waals surface area contributed by atoms with E-state index in [2.05, 4.69) is 20.2 Å². The van der Waals surface area contributed by atoms with Crippen molar-refractivity contribution in [3.63, 3.8) is 0 Å². The number of fused-ring (bicyclic) bond motifs is 1. The summed E-state index contributed by atoms with van der Waals surface area (Å²) in [5.74, 6) is 0.148. The highest BCUT2D eigenvalue weighted by atomic mass is 16.5. The van der Waals surface area contributed by atoms with Crippen molar-refractivity contribution >= 4 is 28.6 Å². The van der Waals surface area contributed by atoms with Crippen LogP contribution < -0.4 is 20.7 Å². The fraction of sp³-hybridized carbons (Fsp3) is 0.391. The number of nitrogens with two attached hydrogens (primary N) is 1. The Kier molecular flexibility index (Phi) is 6.30. The van der Waals surface area contributed by atoms with Crippen molar-refractivity contribution in [1.82, 2.24) is 9.97 Å². The summed E-state index contributed by atoms with van der Waals surface area (Å²) in [6.07, 6.45) is 4.39. The molecule has 1 fully saturated rings. The van der Waals surface area contributed by atoms with Gasteiger partial charge in [-0.3, -0.25) is 9.59 Å². The highest BCUT2D eigenvalue weighted by Crippen LogP contribution is 2.42. The quantitative estimate of drug-likeness (QED) is 0.434. The number of hydrogen-bond donors (Lipinski definition) is 3. The lowest BCUT2D eigenvalue weighted by Gasteiger charge is -2.31. The van der Waals surface area contributed by atoms with Gasteiger partial charge in [0.2, 0.25) is 0 Å². The van der Waals surface area contributed by atoms with Crippen LogP contribution in [0.25, 0.3) is 5.57 Å². The van der Waals surface area contributed by atoms with Crippen molar-refractivity contribution in [3.8, 4) is 5.75 Å². The number of carbonyl (C=O) groups is 2. The molecule has 174 valence electrons. The third-order valence-electron chi connectivity index (χ3n) is 5.74. The van der Waals surface area contributed by atoms with Gasteiger partial charge >= 0.3 is 0 Å². The molecule has 1 aromatic heterocycles. The molecule has 1 aromatic carbocycles. The van der Waals surface area contributed by atoms with E-state index in [0.29, 0.717) is 49.7 Å². The van der Waals surface area contributed by atoms with E-state index in [1.54, 1.807) is 0 Å². The number of aliphatic hydroxyl groups excluding tert-OH is 1. The van der Waals surface area contributed by atoms with Crippen LogP contribution in [0.1, 0.15) is 35.6 Å². The van der Waals surface area contributed by atoms with Gasteiger partial charge in [0.15, 0.2) is 11.6 Å². The Morgan fingerprint density at radius 1 is 1.27 bits per heavy atom.